The summed E-state index contributed by atoms with van der Waals surface area (Å²) in [6, 6.07) is 0.511. The maximum Gasteiger partial charge on any atom is 0.0633 e. The van der Waals surface area contributed by atoms with Crippen LogP contribution >= 0.6 is 0 Å². The van der Waals surface area contributed by atoms with E-state index >= 15 is 0 Å². The molecule has 0 saturated heterocycles. The number of rotatable bonds is 4. The van der Waals surface area contributed by atoms with Crippen LogP contribution in [0.2, 0.25) is 0 Å². The fourth-order valence-electron chi connectivity index (χ4n) is 3.34. The van der Waals surface area contributed by atoms with Gasteiger partial charge in [0.05, 0.1) is 18.8 Å². The minimum Gasteiger partial charge on any atom is -0.394 e. The van der Waals surface area contributed by atoms with Crippen LogP contribution in [0.25, 0.3) is 0 Å². The van der Waals surface area contributed by atoms with E-state index in [0.29, 0.717) is 11.5 Å². The monoisotopic (exact) mass is 227 g/mol. The molecule has 2 fully saturated rings. The first kappa shape index (κ1) is 12.3. The van der Waals surface area contributed by atoms with Crippen LogP contribution in [0.1, 0.15) is 51.9 Å². The average Bonchev–Trinajstić information content (AvgIpc) is 2.35. The van der Waals surface area contributed by atoms with Crippen molar-refractivity contribution in [1.29, 1.82) is 0 Å². The van der Waals surface area contributed by atoms with Crippen LogP contribution < -0.4 is 5.32 Å². The summed E-state index contributed by atoms with van der Waals surface area (Å²) in [5, 5.41) is 22.1. The molecule has 3 N–H and O–H groups in total. The van der Waals surface area contributed by atoms with E-state index in [0.717, 1.165) is 0 Å². The first-order valence-electron chi connectivity index (χ1n) is 6.64. The zero-order valence-corrected chi connectivity index (χ0v) is 10.3. The van der Waals surface area contributed by atoms with E-state index in [1.54, 1.807) is 0 Å². The Kier molecular flexibility index (Phi) is 3.57. The topological polar surface area (TPSA) is 52.5 Å². The summed E-state index contributed by atoms with van der Waals surface area (Å²) >= 11 is 0. The minimum absolute atomic E-state index is 0.0100. The normalized spacial score (nSPS) is 29.1. The van der Waals surface area contributed by atoms with Crippen LogP contribution in [-0.4, -0.2) is 35.0 Å². The maximum absolute atomic E-state index is 9.32. The first-order valence-corrected chi connectivity index (χ1v) is 6.64. The largest absolute Gasteiger partial charge is 0.394 e. The van der Waals surface area contributed by atoms with Crippen molar-refractivity contribution in [2.24, 2.45) is 5.41 Å². The van der Waals surface area contributed by atoms with Crippen molar-refractivity contribution in [2.45, 2.75) is 63.5 Å². The molecule has 1 atom stereocenters. The number of hydrogen-bond donors (Lipinski definition) is 3. The highest BCUT2D eigenvalue weighted by molar-refractivity contribution is 5.04. The van der Waals surface area contributed by atoms with Crippen molar-refractivity contribution < 1.29 is 10.2 Å². The van der Waals surface area contributed by atoms with Crippen LogP contribution in [0, 0.1) is 5.41 Å². The summed E-state index contributed by atoms with van der Waals surface area (Å²) in [7, 11) is 0. The number of aliphatic hydroxyl groups excluding tert-OH is 2. The van der Waals surface area contributed by atoms with Gasteiger partial charge >= 0.3 is 0 Å². The lowest BCUT2D eigenvalue weighted by atomic mass is 9.57. The Morgan fingerprint density at radius 2 is 1.75 bits per heavy atom. The molecule has 0 aromatic carbocycles. The summed E-state index contributed by atoms with van der Waals surface area (Å²) in [5.41, 5.74) is -0.0145. The first-order chi connectivity index (χ1) is 7.64. The Balaban J connectivity index is 1.95. The van der Waals surface area contributed by atoms with Gasteiger partial charge in [-0.25, -0.2) is 0 Å². The molecular weight excluding hydrogens is 202 g/mol. The van der Waals surface area contributed by atoms with E-state index in [4.69, 9.17) is 0 Å². The molecule has 3 heteroatoms. The standard InChI is InChI=1S/C13H25NO2/c1-12(9-15,10-16)14-11-5-8-13(11)6-3-2-4-7-13/h11,14-16H,2-10H2,1H3. The summed E-state index contributed by atoms with van der Waals surface area (Å²) in [6.07, 6.45) is 9.29. The van der Waals surface area contributed by atoms with Gasteiger partial charge in [0.15, 0.2) is 0 Å². The SMILES string of the molecule is CC(CO)(CO)NC1CCC12CCCCC2. The number of hydrogen-bond acceptors (Lipinski definition) is 3. The van der Waals surface area contributed by atoms with Gasteiger partial charge in [-0.1, -0.05) is 19.3 Å². The Hall–Kier alpha value is -0.120. The highest BCUT2D eigenvalue weighted by Crippen LogP contribution is 2.52. The third-order valence-corrected chi connectivity index (χ3v) is 4.74. The molecule has 2 saturated carbocycles. The molecule has 94 valence electrons. The fourth-order valence-corrected chi connectivity index (χ4v) is 3.34. The third-order valence-electron chi connectivity index (χ3n) is 4.74. The lowest BCUT2D eigenvalue weighted by Crippen LogP contribution is -2.63. The molecule has 0 heterocycles. The van der Waals surface area contributed by atoms with E-state index in [-0.39, 0.29) is 13.2 Å². The van der Waals surface area contributed by atoms with Crippen molar-refractivity contribution >= 4 is 0 Å². The molecule has 1 spiro atoms. The van der Waals surface area contributed by atoms with Crippen molar-refractivity contribution in [2.75, 3.05) is 13.2 Å². The predicted octanol–water partition coefficient (Wildman–Crippen LogP) is 1.43. The number of aliphatic hydroxyl groups is 2. The molecule has 16 heavy (non-hydrogen) atoms. The van der Waals surface area contributed by atoms with Gasteiger partial charge in [-0.2, -0.15) is 0 Å². The number of nitrogens with one attached hydrogen (secondary N) is 1. The van der Waals surface area contributed by atoms with Gasteiger partial charge in [0.2, 0.25) is 0 Å². The molecule has 0 bridgehead atoms. The van der Waals surface area contributed by atoms with Gasteiger partial charge in [0, 0.05) is 6.04 Å². The Bertz CT molecular complexity index is 232. The molecule has 0 radical (unpaired) electrons. The van der Waals surface area contributed by atoms with Crippen molar-refractivity contribution in [3.63, 3.8) is 0 Å². The lowest BCUT2D eigenvalue weighted by Gasteiger charge is -2.55. The fraction of sp³-hybridized carbons (Fsp3) is 1.00. The van der Waals surface area contributed by atoms with Crippen LogP contribution in [0.3, 0.4) is 0 Å². The molecule has 0 amide bonds. The van der Waals surface area contributed by atoms with Gasteiger partial charge in [0.1, 0.15) is 0 Å². The molecule has 0 aromatic rings. The minimum atomic E-state index is -0.504. The second kappa shape index (κ2) is 4.63. The quantitative estimate of drug-likeness (QED) is 0.681. The highest BCUT2D eigenvalue weighted by atomic mass is 16.3. The molecule has 2 rings (SSSR count). The van der Waals surface area contributed by atoms with Gasteiger partial charge in [-0.3, -0.25) is 0 Å². The van der Waals surface area contributed by atoms with Gasteiger partial charge in [0.25, 0.3) is 0 Å². The van der Waals surface area contributed by atoms with E-state index in [9.17, 15) is 10.2 Å². The zero-order chi connectivity index (χ0) is 11.6. The van der Waals surface area contributed by atoms with Gasteiger partial charge in [-0.15, -0.1) is 0 Å². The van der Waals surface area contributed by atoms with Crippen LogP contribution in [0.15, 0.2) is 0 Å². The lowest BCUT2D eigenvalue weighted by molar-refractivity contribution is -0.0150. The van der Waals surface area contributed by atoms with Crippen molar-refractivity contribution in [3.05, 3.63) is 0 Å². The van der Waals surface area contributed by atoms with Gasteiger partial charge < -0.3 is 15.5 Å². The molecule has 0 aliphatic heterocycles. The van der Waals surface area contributed by atoms with E-state index in [2.05, 4.69) is 5.32 Å². The molecular formula is C13H25NO2. The summed E-state index contributed by atoms with van der Waals surface area (Å²) in [4.78, 5) is 0. The second-order valence-corrected chi connectivity index (χ2v) is 6.04. The highest BCUT2D eigenvalue weighted by Gasteiger charge is 2.48. The van der Waals surface area contributed by atoms with E-state index < -0.39 is 5.54 Å². The van der Waals surface area contributed by atoms with Crippen LogP contribution in [0.4, 0.5) is 0 Å². The van der Waals surface area contributed by atoms with Crippen LogP contribution in [0.5, 0.6) is 0 Å². The molecule has 0 aromatic heterocycles. The average molecular weight is 227 g/mol. The van der Waals surface area contributed by atoms with Gasteiger partial charge in [-0.05, 0) is 38.0 Å². The Morgan fingerprint density at radius 3 is 2.19 bits per heavy atom. The molecule has 3 nitrogen and oxygen atoms in total. The molecule has 2 aliphatic carbocycles. The molecule has 2 aliphatic rings. The Morgan fingerprint density at radius 1 is 1.12 bits per heavy atom. The maximum atomic E-state index is 9.32. The van der Waals surface area contributed by atoms with Crippen LogP contribution in [-0.2, 0) is 0 Å². The van der Waals surface area contributed by atoms with Crippen molar-refractivity contribution in [3.8, 4) is 0 Å². The molecule has 1 unspecified atom stereocenters. The summed E-state index contributed by atoms with van der Waals surface area (Å²) in [5.74, 6) is 0. The predicted molar refractivity (Wildman–Crippen MR) is 64.3 cm³/mol. The van der Waals surface area contributed by atoms with E-state index in [1.807, 2.05) is 6.92 Å². The second-order valence-electron chi connectivity index (χ2n) is 6.04. The summed E-state index contributed by atoms with van der Waals surface area (Å²) < 4.78 is 0. The smallest absolute Gasteiger partial charge is 0.0633 e. The zero-order valence-electron chi connectivity index (χ0n) is 10.3. The van der Waals surface area contributed by atoms with E-state index in [1.165, 1.54) is 44.9 Å². The Labute approximate surface area is 98.2 Å². The van der Waals surface area contributed by atoms with Crippen molar-refractivity contribution in [1.82, 2.24) is 5.32 Å². The third kappa shape index (κ3) is 2.13. The summed E-state index contributed by atoms with van der Waals surface area (Å²) in [6.45, 7) is 1.92.